The third-order valence-corrected chi connectivity index (χ3v) is 5.17. The van der Waals surface area contributed by atoms with Crippen molar-refractivity contribution in [3.63, 3.8) is 0 Å². The Hall–Kier alpha value is -3.56. The van der Waals surface area contributed by atoms with E-state index in [0.717, 1.165) is 31.5 Å². The van der Waals surface area contributed by atoms with Gasteiger partial charge in [0.05, 0.1) is 0 Å². The van der Waals surface area contributed by atoms with Crippen molar-refractivity contribution >= 4 is 29.1 Å². The van der Waals surface area contributed by atoms with Gasteiger partial charge in [-0.05, 0) is 49.6 Å². The third kappa shape index (κ3) is 5.33. The number of nitrogens with one attached hydrogen (secondary N) is 2. The van der Waals surface area contributed by atoms with Crippen molar-refractivity contribution in [1.29, 1.82) is 0 Å². The van der Waals surface area contributed by atoms with Crippen LogP contribution in [-0.4, -0.2) is 61.1 Å². The first-order valence-corrected chi connectivity index (χ1v) is 10.5. The summed E-state index contributed by atoms with van der Waals surface area (Å²) in [5.74, 6) is 1.97. The Bertz CT molecular complexity index is 1080. The van der Waals surface area contributed by atoms with Crippen LogP contribution < -0.4 is 10.6 Å². The fraction of sp³-hybridized carbons (Fsp3) is 0.429. The Morgan fingerprint density at radius 2 is 2.10 bits per heavy atom. The molecule has 10 heteroatoms. The molecule has 0 atom stereocenters. The molecule has 3 aromatic rings. The molecule has 0 unspecified atom stereocenters. The highest BCUT2D eigenvalue weighted by Gasteiger charge is 2.19. The molecule has 2 amide bonds. The van der Waals surface area contributed by atoms with Crippen molar-refractivity contribution in [2.24, 2.45) is 0 Å². The fourth-order valence-corrected chi connectivity index (χ4v) is 3.55. The summed E-state index contributed by atoms with van der Waals surface area (Å²) in [5.41, 5.74) is 1.66. The van der Waals surface area contributed by atoms with Gasteiger partial charge in [-0.15, -0.1) is 15.3 Å². The number of nitrogens with zero attached hydrogens (tertiary/aromatic N) is 6. The molecule has 0 spiro atoms. The van der Waals surface area contributed by atoms with E-state index in [0.29, 0.717) is 42.5 Å². The van der Waals surface area contributed by atoms with Crippen molar-refractivity contribution < 1.29 is 9.59 Å². The van der Waals surface area contributed by atoms with Gasteiger partial charge in [0, 0.05) is 45.1 Å². The van der Waals surface area contributed by atoms with Crippen LogP contribution in [0.2, 0.25) is 0 Å². The van der Waals surface area contributed by atoms with E-state index < -0.39 is 0 Å². The maximum atomic E-state index is 12.3. The van der Waals surface area contributed by atoms with Gasteiger partial charge in [-0.1, -0.05) is 0 Å². The SMILES string of the molecule is Cc1ccnc(NC(=O)CCc2nnc3ccc(NCCCN4CCCC4=O)nn23)c1. The lowest BCUT2D eigenvalue weighted by Gasteiger charge is -2.15. The van der Waals surface area contributed by atoms with E-state index in [9.17, 15) is 9.59 Å². The molecule has 4 rings (SSSR count). The monoisotopic (exact) mass is 422 g/mol. The number of fused-ring (bicyclic) bond motifs is 1. The van der Waals surface area contributed by atoms with Gasteiger partial charge in [0.1, 0.15) is 11.6 Å². The molecule has 1 fully saturated rings. The van der Waals surface area contributed by atoms with E-state index in [1.165, 1.54) is 0 Å². The fourth-order valence-electron chi connectivity index (χ4n) is 3.55. The first kappa shape index (κ1) is 20.7. The largest absolute Gasteiger partial charge is 0.369 e. The summed E-state index contributed by atoms with van der Waals surface area (Å²) in [6.45, 7) is 4.28. The van der Waals surface area contributed by atoms with Crippen LogP contribution in [0.1, 0.15) is 37.1 Å². The zero-order valence-corrected chi connectivity index (χ0v) is 17.5. The molecule has 1 aliphatic heterocycles. The molecule has 3 aromatic heterocycles. The van der Waals surface area contributed by atoms with E-state index in [1.54, 1.807) is 10.7 Å². The van der Waals surface area contributed by atoms with Gasteiger partial charge in [0.2, 0.25) is 11.8 Å². The van der Waals surface area contributed by atoms with Gasteiger partial charge < -0.3 is 15.5 Å². The van der Waals surface area contributed by atoms with E-state index in [4.69, 9.17) is 0 Å². The standard InChI is InChI=1S/C21H26N8O2/c1-15-9-11-23-17(14-15)24-20(30)8-7-19-26-25-18-6-5-16(27-29(18)19)22-10-3-13-28-12-2-4-21(28)31/h5-6,9,11,14H,2-4,7-8,10,12-13H2,1H3,(H,22,27)(H,23,24,30). The van der Waals surface area contributed by atoms with Crippen LogP contribution in [0, 0.1) is 6.92 Å². The van der Waals surface area contributed by atoms with Crippen molar-refractivity contribution in [3.8, 4) is 0 Å². The summed E-state index contributed by atoms with van der Waals surface area (Å²) in [6, 6.07) is 7.39. The van der Waals surface area contributed by atoms with Crippen LogP contribution in [-0.2, 0) is 16.0 Å². The number of hydrogen-bond donors (Lipinski definition) is 2. The lowest BCUT2D eigenvalue weighted by atomic mass is 10.2. The average Bonchev–Trinajstić information content (AvgIpc) is 3.35. The highest BCUT2D eigenvalue weighted by molar-refractivity contribution is 5.89. The molecule has 4 heterocycles. The molecule has 1 saturated heterocycles. The van der Waals surface area contributed by atoms with Gasteiger partial charge >= 0.3 is 0 Å². The summed E-state index contributed by atoms with van der Waals surface area (Å²) < 4.78 is 1.66. The Kier molecular flexibility index (Phi) is 6.34. The maximum Gasteiger partial charge on any atom is 0.225 e. The Morgan fingerprint density at radius 3 is 2.90 bits per heavy atom. The van der Waals surface area contributed by atoms with Crippen molar-refractivity contribution in [3.05, 3.63) is 41.9 Å². The summed E-state index contributed by atoms with van der Waals surface area (Å²) in [6.07, 6.45) is 4.81. The number of hydrogen-bond acceptors (Lipinski definition) is 7. The minimum Gasteiger partial charge on any atom is -0.369 e. The smallest absolute Gasteiger partial charge is 0.225 e. The van der Waals surface area contributed by atoms with Gasteiger partial charge in [-0.25, -0.2) is 4.98 Å². The molecule has 2 N–H and O–H groups in total. The molecular formula is C21H26N8O2. The van der Waals surface area contributed by atoms with Crippen LogP contribution in [0.3, 0.4) is 0 Å². The lowest BCUT2D eigenvalue weighted by molar-refractivity contribution is -0.127. The highest BCUT2D eigenvalue weighted by Crippen LogP contribution is 2.12. The second-order valence-electron chi connectivity index (χ2n) is 7.64. The topological polar surface area (TPSA) is 117 Å². The molecule has 162 valence electrons. The third-order valence-electron chi connectivity index (χ3n) is 5.17. The van der Waals surface area contributed by atoms with Crippen molar-refractivity contribution in [2.75, 3.05) is 30.3 Å². The first-order chi connectivity index (χ1) is 15.1. The minimum absolute atomic E-state index is 0.138. The molecule has 31 heavy (non-hydrogen) atoms. The predicted octanol–water partition coefficient (Wildman–Crippen LogP) is 1.82. The summed E-state index contributed by atoms with van der Waals surface area (Å²) >= 11 is 0. The molecule has 0 aliphatic carbocycles. The van der Waals surface area contributed by atoms with Crippen LogP contribution in [0.5, 0.6) is 0 Å². The second-order valence-corrected chi connectivity index (χ2v) is 7.64. The quantitative estimate of drug-likeness (QED) is 0.505. The number of aromatic nitrogens is 5. The number of anilines is 2. The highest BCUT2D eigenvalue weighted by atomic mass is 16.2. The Balaban J connectivity index is 1.30. The summed E-state index contributed by atoms with van der Waals surface area (Å²) in [4.78, 5) is 30.0. The molecular weight excluding hydrogens is 396 g/mol. The number of carbonyl (C=O) groups excluding carboxylic acids is 2. The maximum absolute atomic E-state index is 12.3. The van der Waals surface area contributed by atoms with Crippen molar-refractivity contribution in [1.82, 2.24) is 29.7 Å². The predicted molar refractivity (Wildman–Crippen MR) is 116 cm³/mol. The van der Waals surface area contributed by atoms with Gasteiger partial charge in [-0.3, -0.25) is 9.59 Å². The molecule has 0 saturated carbocycles. The number of likely N-dealkylation sites (tertiary alicyclic amines) is 1. The van der Waals surface area contributed by atoms with E-state index in [2.05, 4.69) is 30.9 Å². The zero-order chi connectivity index (χ0) is 21.6. The average molecular weight is 422 g/mol. The Morgan fingerprint density at radius 1 is 1.19 bits per heavy atom. The van der Waals surface area contributed by atoms with E-state index in [-0.39, 0.29) is 18.2 Å². The molecule has 0 aromatic carbocycles. The van der Waals surface area contributed by atoms with Gasteiger partial charge in [0.25, 0.3) is 0 Å². The molecule has 0 radical (unpaired) electrons. The lowest BCUT2D eigenvalue weighted by Crippen LogP contribution is -2.27. The number of rotatable bonds is 9. The van der Waals surface area contributed by atoms with Crippen LogP contribution in [0.4, 0.5) is 11.6 Å². The normalized spacial score (nSPS) is 13.7. The van der Waals surface area contributed by atoms with Crippen LogP contribution >= 0.6 is 0 Å². The van der Waals surface area contributed by atoms with Gasteiger partial charge in [0.15, 0.2) is 11.5 Å². The summed E-state index contributed by atoms with van der Waals surface area (Å²) in [7, 11) is 0. The van der Waals surface area contributed by atoms with Crippen LogP contribution in [0.25, 0.3) is 5.65 Å². The number of amides is 2. The molecule has 10 nitrogen and oxygen atoms in total. The van der Waals surface area contributed by atoms with E-state index in [1.807, 2.05) is 36.1 Å². The Labute approximate surface area is 180 Å². The second kappa shape index (κ2) is 9.50. The van der Waals surface area contributed by atoms with Crippen molar-refractivity contribution in [2.45, 2.75) is 39.0 Å². The number of pyridine rings is 1. The minimum atomic E-state index is -0.138. The van der Waals surface area contributed by atoms with E-state index >= 15 is 0 Å². The number of carbonyl (C=O) groups is 2. The number of aryl methyl sites for hydroxylation is 2. The first-order valence-electron chi connectivity index (χ1n) is 10.5. The molecule has 0 bridgehead atoms. The van der Waals surface area contributed by atoms with Gasteiger partial charge in [-0.2, -0.15) is 4.52 Å². The molecule has 1 aliphatic rings. The zero-order valence-electron chi connectivity index (χ0n) is 17.5. The summed E-state index contributed by atoms with van der Waals surface area (Å²) in [5, 5.41) is 18.9. The van der Waals surface area contributed by atoms with Crippen LogP contribution in [0.15, 0.2) is 30.5 Å².